The number of ether oxygens (including phenoxy) is 4. The molecule has 1 atom stereocenters. The van der Waals surface area contributed by atoms with Crippen molar-refractivity contribution < 1.29 is 28.5 Å². The zero-order valence-electron chi connectivity index (χ0n) is 26.7. The summed E-state index contributed by atoms with van der Waals surface area (Å²) < 4.78 is 23.5. The van der Waals surface area contributed by atoms with E-state index in [-0.39, 0.29) is 11.6 Å². The van der Waals surface area contributed by atoms with Crippen LogP contribution in [0.4, 0.5) is 4.79 Å². The maximum Gasteiger partial charge on any atom is 0.407 e. The van der Waals surface area contributed by atoms with E-state index in [0.717, 1.165) is 0 Å². The standard InChI is InChI=1S/C32H43ClN6O6/c1-21(30(40)35-13-15-43-17-18-44-16-14-36-31(41)45-32(3,4)5)19-28-38-37-22(2)39(28)27-12-11-25(42-6)20-26(27)29(34)23-7-9-24(33)10-8-23/h7-12,20-21,34H,13-19H2,1-6H3,(H,35,40)(H,36,41). The number of carbonyl (C=O) groups is 2. The molecule has 2 aromatic carbocycles. The van der Waals surface area contributed by atoms with Crippen LogP contribution in [0.1, 0.15) is 50.5 Å². The molecule has 3 rings (SSSR count). The van der Waals surface area contributed by atoms with Gasteiger partial charge in [0.1, 0.15) is 23.0 Å². The first-order chi connectivity index (χ1) is 21.4. The summed E-state index contributed by atoms with van der Waals surface area (Å²) in [6, 6.07) is 12.6. The number of nitrogens with zero attached hydrogens (tertiary/aromatic N) is 3. The lowest BCUT2D eigenvalue weighted by atomic mass is 9.99. The highest BCUT2D eigenvalue weighted by atomic mass is 35.5. The molecule has 0 radical (unpaired) electrons. The summed E-state index contributed by atoms with van der Waals surface area (Å²) in [6.45, 7) is 11.1. The van der Waals surface area contributed by atoms with Gasteiger partial charge in [0.2, 0.25) is 5.91 Å². The van der Waals surface area contributed by atoms with Crippen molar-refractivity contribution in [3.8, 4) is 11.4 Å². The highest BCUT2D eigenvalue weighted by Gasteiger charge is 2.22. The molecular weight excluding hydrogens is 600 g/mol. The summed E-state index contributed by atoms with van der Waals surface area (Å²) in [4.78, 5) is 24.5. The van der Waals surface area contributed by atoms with Gasteiger partial charge in [-0.05, 0) is 58.0 Å². The number of hydrogen-bond donors (Lipinski definition) is 3. The number of rotatable bonds is 16. The van der Waals surface area contributed by atoms with E-state index < -0.39 is 17.6 Å². The predicted octanol–water partition coefficient (Wildman–Crippen LogP) is 4.51. The van der Waals surface area contributed by atoms with Crippen molar-refractivity contribution in [3.05, 3.63) is 70.3 Å². The van der Waals surface area contributed by atoms with Crippen LogP contribution in [0.3, 0.4) is 0 Å². The van der Waals surface area contributed by atoms with Crippen LogP contribution in [0, 0.1) is 18.3 Å². The van der Waals surface area contributed by atoms with Crippen molar-refractivity contribution >= 4 is 29.3 Å². The molecule has 1 unspecified atom stereocenters. The Kier molecular flexibility index (Phi) is 13.3. The van der Waals surface area contributed by atoms with Crippen LogP contribution in [0.15, 0.2) is 42.5 Å². The van der Waals surface area contributed by atoms with Crippen molar-refractivity contribution in [1.29, 1.82) is 5.41 Å². The van der Waals surface area contributed by atoms with E-state index in [9.17, 15) is 9.59 Å². The second kappa shape index (κ2) is 16.9. The van der Waals surface area contributed by atoms with Crippen molar-refractivity contribution in [2.24, 2.45) is 5.92 Å². The van der Waals surface area contributed by atoms with Gasteiger partial charge in [-0.3, -0.25) is 14.8 Å². The molecular formula is C32H43ClN6O6. The third kappa shape index (κ3) is 11.1. The van der Waals surface area contributed by atoms with Crippen LogP contribution in [0.5, 0.6) is 5.75 Å². The molecule has 3 aromatic rings. The van der Waals surface area contributed by atoms with Crippen molar-refractivity contribution in [3.63, 3.8) is 0 Å². The van der Waals surface area contributed by atoms with Gasteiger partial charge in [-0.15, -0.1) is 10.2 Å². The molecule has 3 N–H and O–H groups in total. The maximum atomic E-state index is 12.9. The van der Waals surface area contributed by atoms with Crippen LogP contribution in [0.25, 0.3) is 5.69 Å². The molecule has 13 heteroatoms. The topological polar surface area (TPSA) is 150 Å². The fraction of sp³-hybridized carbons (Fsp3) is 0.469. The van der Waals surface area contributed by atoms with Crippen molar-refractivity contribution in [1.82, 2.24) is 25.4 Å². The number of aryl methyl sites for hydroxylation is 1. The first-order valence-corrected chi connectivity index (χ1v) is 15.1. The number of amides is 2. The number of aromatic nitrogens is 3. The Balaban J connectivity index is 1.50. The molecule has 0 aliphatic rings. The minimum atomic E-state index is -0.545. The van der Waals surface area contributed by atoms with E-state index in [4.69, 9.17) is 36.0 Å². The molecule has 0 aliphatic heterocycles. The first kappa shape index (κ1) is 35.5. The van der Waals surface area contributed by atoms with Gasteiger partial charge < -0.3 is 29.6 Å². The normalized spacial score (nSPS) is 12.0. The number of hydrogen-bond acceptors (Lipinski definition) is 9. The van der Waals surface area contributed by atoms with E-state index >= 15 is 0 Å². The van der Waals surface area contributed by atoms with E-state index in [1.54, 1.807) is 58.2 Å². The molecule has 0 fully saturated rings. The Morgan fingerprint density at radius 3 is 2.24 bits per heavy atom. The van der Waals surface area contributed by atoms with Crippen LogP contribution in [-0.4, -0.2) is 84.7 Å². The average Bonchev–Trinajstić information content (AvgIpc) is 3.35. The summed E-state index contributed by atoms with van der Waals surface area (Å²) in [5.74, 6) is 1.30. The number of carbonyl (C=O) groups excluding carboxylic acids is 2. The van der Waals surface area contributed by atoms with Gasteiger partial charge in [0.25, 0.3) is 0 Å². The summed E-state index contributed by atoms with van der Waals surface area (Å²) in [5.41, 5.74) is 1.76. The zero-order valence-corrected chi connectivity index (χ0v) is 27.5. The fourth-order valence-electron chi connectivity index (χ4n) is 4.31. The second-order valence-electron chi connectivity index (χ2n) is 11.3. The number of nitrogens with one attached hydrogen (secondary N) is 3. The maximum absolute atomic E-state index is 12.9. The third-order valence-corrected chi connectivity index (χ3v) is 6.76. The van der Waals surface area contributed by atoms with Crippen LogP contribution < -0.4 is 15.4 Å². The molecule has 0 spiro atoms. The van der Waals surface area contributed by atoms with E-state index in [0.29, 0.717) is 85.2 Å². The Labute approximate surface area is 269 Å². The van der Waals surface area contributed by atoms with E-state index in [1.807, 2.05) is 30.5 Å². The summed E-state index contributed by atoms with van der Waals surface area (Å²) in [7, 11) is 1.58. The van der Waals surface area contributed by atoms with Gasteiger partial charge >= 0.3 is 6.09 Å². The van der Waals surface area contributed by atoms with Gasteiger partial charge in [-0.1, -0.05) is 30.7 Å². The quantitative estimate of drug-likeness (QED) is 0.153. The summed E-state index contributed by atoms with van der Waals surface area (Å²) in [6.07, 6.45) is -0.152. The van der Waals surface area contributed by atoms with Gasteiger partial charge in [0, 0.05) is 41.6 Å². The number of halogens is 1. The van der Waals surface area contributed by atoms with Crippen LogP contribution in [0.2, 0.25) is 5.02 Å². The largest absolute Gasteiger partial charge is 0.497 e. The minimum absolute atomic E-state index is 0.140. The molecule has 1 heterocycles. The Bertz CT molecular complexity index is 1440. The fourth-order valence-corrected chi connectivity index (χ4v) is 4.44. The molecule has 244 valence electrons. The third-order valence-electron chi connectivity index (χ3n) is 6.51. The Morgan fingerprint density at radius 2 is 1.62 bits per heavy atom. The Hall–Kier alpha value is -4.00. The molecule has 12 nitrogen and oxygen atoms in total. The van der Waals surface area contributed by atoms with Gasteiger partial charge in [0.05, 0.1) is 44.9 Å². The SMILES string of the molecule is COc1ccc(-n2c(C)nnc2CC(C)C(=O)NCCOCCOCCNC(=O)OC(C)(C)C)c(C(=N)c2ccc(Cl)cc2)c1. The lowest BCUT2D eigenvalue weighted by Crippen LogP contribution is -2.34. The lowest BCUT2D eigenvalue weighted by Gasteiger charge is -2.19. The van der Waals surface area contributed by atoms with Gasteiger partial charge in [-0.2, -0.15) is 0 Å². The molecule has 45 heavy (non-hydrogen) atoms. The number of benzene rings is 2. The van der Waals surface area contributed by atoms with E-state index in [2.05, 4.69) is 20.8 Å². The van der Waals surface area contributed by atoms with Gasteiger partial charge in [0.15, 0.2) is 0 Å². The molecule has 0 saturated carbocycles. The van der Waals surface area contributed by atoms with Gasteiger partial charge in [-0.25, -0.2) is 4.79 Å². The smallest absolute Gasteiger partial charge is 0.407 e. The minimum Gasteiger partial charge on any atom is -0.497 e. The molecule has 0 aliphatic carbocycles. The number of alkyl carbamates (subject to hydrolysis) is 1. The molecule has 2 amide bonds. The van der Waals surface area contributed by atoms with Crippen LogP contribution >= 0.6 is 11.6 Å². The molecule has 1 aromatic heterocycles. The first-order valence-electron chi connectivity index (χ1n) is 14.7. The molecule has 0 bridgehead atoms. The van der Waals surface area contributed by atoms with Crippen molar-refractivity contribution in [2.75, 3.05) is 46.6 Å². The zero-order chi connectivity index (χ0) is 33.0. The second-order valence-corrected chi connectivity index (χ2v) is 11.7. The average molecular weight is 643 g/mol. The summed E-state index contributed by atoms with van der Waals surface area (Å²) >= 11 is 6.07. The van der Waals surface area contributed by atoms with E-state index in [1.165, 1.54) is 0 Å². The Morgan fingerprint density at radius 1 is 0.978 bits per heavy atom. The highest BCUT2D eigenvalue weighted by Crippen LogP contribution is 2.27. The number of methoxy groups -OCH3 is 1. The predicted molar refractivity (Wildman–Crippen MR) is 172 cm³/mol. The van der Waals surface area contributed by atoms with Crippen LogP contribution in [-0.2, 0) is 25.4 Å². The van der Waals surface area contributed by atoms with Crippen molar-refractivity contribution in [2.45, 2.75) is 46.6 Å². The highest BCUT2D eigenvalue weighted by molar-refractivity contribution is 6.30. The summed E-state index contributed by atoms with van der Waals surface area (Å²) in [5, 5.41) is 23.7. The monoisotopic (exact) mass is 642 g/mol. The lowest BCUT2D eigenvalue weighted by molar-refractivity contribution is -0.124. The molecule has 0 saturated heterocycles.